The molecule has 2 N–H and O–H groups in total. The third-order valence-corrected chi connectivity index (χ3v) is 3.58. The Bertz CT molecular complexity index is 400. The van der Waals surface area contributed by atoms with Crippen molar-refractivity contribution in [3.05, 3.63) is 29.8 Å². The highest BCUT2D eigenvalue weighted by Crippen LogP contribution is 2.20. The van der Waals surface area contributed by atoms with Crippen molar-refractivity contribution < 1.29 is 4.79 Å². The fourth-order valence-electron chi connectivity index (χ4n) is 2.48. The molecule has 0 heterocycles. The van der Waals surface area contributed by atoms with E-state index in [4.69, 9.17) is 5.73 Å². The number of carbonyl (C=O) groups excluding carboxylic acids is 1. The van der Waals surface area contributed by atoms with Gasteiger partial charge >= 0.3 is 0 Å². The number of anilines is 1. The molecule has 0 bridgehead atoms. The number of carbonyl (C=O) groups is 1. The average molecular weight is 276 g/mol. The summed E-state index contributed by atoms with van der Waals surface area (Å²) in [5, 5.41) is 0. The Labute approximate surface area is 123 Å². The van der Waals surface area contributed by atoms with Crippen LogP contribution in [0.3, 0.4) is 0 Å². The highest BCUT2D eigenvalue weighted by Gasteiger charge is 2.15. The van der Waals surface area contributed by atoms with Gasteiger partial charge in [0.05, 0.1) is 0 Å². The molecule has 1 aromatic rings. The lowest BCUT2D eigenvalue weighted by Crippen LogP contribution is -2.36. The van der Waals surface area contributed by atoms with Crippen molar-refractivity contribution in [3.63, 3.8) is 0 Å². The number of unbranched alkanes of at least 4 members (excludes halogenated alkanes) is 1. The number of amides is 1. The number of benzene rings is 1. The second kappa shape index (κ2) is 8.62. The molecule has 0 saturated carbocycles. The highest BCUT2D eigenvalue weighted by molar-refractivity contribution is 5.75. The van der Waals surface area contributed by atoms with E-state index < -0.39 is 0 Å². The summed E-state index contributed by atoms with van der Waals surface area (Å²) in [4.78, 5) is 13.4. The van der Waals surface area contributed by atoms with Crippen molar-refractivity contribution in [2.24, 2.45) is 5.73 Å². The van der Waals surface area contributed by atoms with Crippen molar-refractivity contribution in [2.45, 2.75) is 58.9 Å². The van der Waals surface area contributed by atoms with E-state index in [1.807, 2.05) is 0 Å². The standard InChI is InChI=1S/C17H28N2O/c1-4-6-7-15-8-10-16(11-9-15)19(12-5-2)14(3)13-17(18)20/h8-11,14H,4-7,12-13H2,1-3H3,(H2,18,20)/t14-/m0/s1. The molecule has 112 valence electrons. The van der Waals surface area contributed by atoms with Gasteiger partial charge in [-0.1, -0.05) is 32.4 Å². The predicted molar refractivity (Wildman–Crippen MR) is 86.0 cm³/mol. The average Bonchev–Trinajstić information content (AvgIpc) is 2.42. The first-order valence-electron chi connectivity index (χ1n) is 7.72. The van der Waals surface area contributed by atoms with Crippen molar-refractivity contribution in [2.75, 3.05) is 11.4 Å². The van der Waals surface area contributed by atoms with Gasteiger partial charge in [0.1, 0.15) is 0 Å². The van der Waals surface area contributed by atoms with Crippen LogP contribution in [-0.4, -0.2) is 18.5 Å². The monoisotopic (exact) mass is 276 g/mol. The van der Waals surface area contributed by atoms with Gasteiger partial charge in [0.2, 0.25) is 5.91 Å². The van der Waals surface area contributed by atoms with Gasteiger partial charge in [-0.15, -0.1) is 0 Å². The Balaban J connectivity index is 2.77. The number of nitrogens with zero attached hydrogens (tertiary/aromatic N) is 1. The minimum absolute atomic E-state index is 0.147. The lowest BCUT2D eigenvalue weighted by molar-refractivity contribution is -0.118. The van der Waals surface area contributed by atoms with Crippen molar-refractivity contribution in [1.29, 1.82) is 0 Å². The molecule has 0 radical (unpaired) electrons. The molecular formula is C17H28N2O. The number of nitrogens with two attached hydrogens (primary N) is 1. The van der Waals surface area contributed by atoms with E-state index in [2.05, 4.69) is 49.9 Å². The van der Waals surface area contributed by atoms with Crippen LogP contribution in [0.2, 0.25) is 0 Å². The second-order valence-corrected chi connectivity index (χ2v) is 5.48. The molecule has 0 saturated heterocycles. The molecule has 0 fully saturated rings. The minimum atomic E-state index is -0.238. The first-order valence-corrected chi connectivity index (χ1v) is 7.72. The Morgan fingerprint density at radius 2 is 1.85 bits per heavy atom. The number of hydrogen-bond acceptors (Lipinski definition) is 2. The van der Waals surface area contributed by atoms with Crippen LogP contribution in [0.4, 0.5) is 5.69 Å². The normalized spacial score (nSPS) is 12.2. The summed E-state index contributed by atoms with van der Waals surface area (Å²) in [7, 11) is 0. The molecule has 3 heteroatoms. The first kappa shape index (κ1) is 16.5. The third-order valence-electron chi connectivity index (χ3n) is 3.58. The number of rotatable bonds is 9. The Morgan fingerprint density at radius 1 is 1.20 bits per heavy atom. The lowest BCUT2D eigenvalue weighted by Gasteiger charge is -2.30. The van der Waals surface area contributed by atoms with Crippen LogP contribution >= 0.6 is 0 Å². The molecule has 0 spiro atoms. The van der Waals surface area contributed by atoms with Gasteiger partial charge in [-0.2, -0.15) is 0 Å². The van der Waals surface area contributed by atoms with E-state index >= 15 is 0 Å². The zero-order valence-corrected chi connectivity index (χ0v) is 13.1. The SMILES string of the molecule is CCCCc1ccc(N(CCC)[C@@H](C)CC(N)=O)cc1. The molecule has 1 aromatic carbocycles. The molecule has 0 aliphatic rings. The van der Waals surface area contributed by atoms with Gasteiger partial charge in [-0.25, -0.2) is 0 Å². The van der Waals surface area contributed by atoms with Crippen LogP contribution in [0, 0.1) is 0 Å². The minimum Gasteiger partial charge on any atom is -0.370 e. The Morgan fingerprint density at radius 3 is 2.35 bits per heavy atom. The quantitative estimate of drug-likeness (QED) is 0.750. The zero-order chi connectivity index (χ0) is 15.0. The van der Waals surface area contributed by atoms with Crippen LogP contribution in [0.25, 0.3) is 0 Å². The van der Waals surface area contributed by atoms with E-state index in [0.717, 1.165) is 19.4 Å². The second-order valence-electron chi connectivity index (χ2n) is 5.48. The third kappa shape index (κ3) is 5.24. The largest absolute Gasteiger partial charge is 0.370 e. The van der Waals surface area contributed by atoms with E-state index in [1.54, 1.807) is 0 Å². The van der Waals surface area contributed by atoms with Crippen LogP contribution in [0.15, 0.2) is 24.3 Å². The molecule has 0 aliphatic carbocycles. The van der Waals surface area contributed by atoms with Crippen LogP contribution in [0.5, 0.6) is 0 Å². The van der Waals surface area contributed by atoms with Crippen molar-refractivity contribution in [3.8, 4) is 0 Å². The maximum atomic E-state index is 11.1. The molecule has 1 rings (SSSR count). The van der Waals surface area contributed by atoms with E-state index in [9.17, 15) is 4.79 Å². The van der Waals surface area contributed by atoms with E-state index in [0.29, 0.717) is 6.42 Å². The Kier molecular flexibility index (Phi) is 7.13. The molecular weight excluding hydrogens is 248 g/mol. The predicted octanol–water partition coefficient (Wildman–Crippen LogP) is 3.51. The van der Waals surface area contributed by atoms with Crippen molar-refractivity contribution >= 4 is 11.6 Å². The van der Waals surface area contributed by atoms with E-state index in [1.165, 1.54) is 24.1 Å². The Hall–Kier alpha value is -1.51. The lowest BCUT2D eigenvalue weighted by atomic mass is 10.1. The fraction of sp³-hybridized carbons (Fsp3) is 0.588. The molecule has 1 atom stereocenters. The summed E-state index contributed by atoms with van der Waals surface area (Å²) >= 11 is 0. The maximum Gasteiger partial charge on any atom is 0.219 e. The summed E-state index contributed by atoms with van der Waals surface area (Å²) in [6.07, 6.45) is 5.05. The van der Waals surface area contributed by atoms with Crippen LogP contribution in [0.1, 0.15) is 52.0 Å². The van der Waals surface area contributed by atoms with Gasteiger partial charge in [-0.05, 0) is 43.9 Å². The number of primary amides is 1. The summed E-state index contributed by atoms with van der Waals surface area (Å²) in [5.41, 5.74) is 7.88. The molecule has 3 nitrogen and oxygen atoms in total. The van der Waals surface area contributed by atoms with Gasteiger partial charge in [0, 0.05) is 24.7 Å². The summed E-state index contributed by atoms with van der Waals surface area (Å²) < 4.78 is 0. The summed E-state index contributed by atoms with van der Waals surface area (Å²) in [5.74, 6) is -0.238. The highest BCUT2D eigenvalue weighted by atomic mass is 16.1. The van der Waals surface area contributed by atoms with Crippen molar-refractivity contribution in [1.82, 2.24) is 0 Å². The summed E-state index contributed by atoms with van der Waals surface area (Å²) in [6.45, 7) is 7.37. The van der Waals surface area contributed by atoms with Gasteiger partial charge in [-0.3, -0.25) is 4.79 Å². The number of aryl methyl sites for hydroxylation is 1. The molecule has 0 unspecified atom stereocenters. The molecule has 0 aliphatic heterocycles. The van der Waals surface area contributed by atoms with Crippen LogP contribution in [-0.2, 0) is 11.2 Å². The van der Waals surface area contributed by atoms with E-state index in [-0.39, 0.29) is 11.9 Å². The summed E-state index contributed by atoms with van der Waals surface area (Å²) in [6, 6.07) is 8.87. The first-order chi connectivity index (χ1) is 9.58. The maximum absolute atomic E-state index is 11.1. The number of hydrogen-bond donors (Lipinski definition) is 1. The molecule has 20 heavy (non-hydrogen) atoms. The fourth-order valence-corrected chi connectivity index (χ4v) is 2.48. The molecule has 0 aromatic heterocycles. The van der Waals surface area contributed by atoms with Crippen LogP contribution < -0.4 is 10.6 Å². The molecule has 1 amide bonds. The van der Waals surface area contributed by atoms with Gasteiger partial charge in [0.25, 0.3) is 0 Å². The zero-order valence-electron chi connectivity index (χ0n) is 13.1. The van der Waals surface area contributed by atoms with Gasteiger partial charge in [0.15, 0.2) is 0 Å². The van der Waals surface area contributed by atoms with Gasteiger partial charge < -0.3 is 10.6 Å². The topological polar surface area (TPSA) is 46.3 Å². The smallest absolute Gasteiger partial charge is 0.219 e.